The van der Waals surface area contributed by atoms with E-state index in [0.29, 0.717) is 21.7 Å². The Bertz CT molecular complexity index is 941. The topological polar surface area (TPSA) is 77.2 Å². The van der Waals surface area contributed by atoms with Crippen LogP contribution in [0.1, 0.15) is 33.6 Å². The van der Waals surface area contributed by atoms with E-state index in [-0.39, 0.29) is 11.8 Å². The molecule has 1 unspecified atom stereocenters. The minimum Gasteiger partial charge on any atom is -0.394 e. The highest BCUT2D eigenvalue weighted by Crippen LogP contribution is 2.38. The van der Waals surface area contributed by atoms with Gasteiger partial charge in [-0.3, -0.25) is 10.1 Å². The van der Waals surface area contributed by atoms with Crippen LogP contribution < -0.4 is 15.5 Å². The zero-order valence-electron chi connectivity index (χ0n) is 15.8. The molecule has 0 bridgehead atoms. The summed E-state index contributed by atoms with van der Waals surface area (Å²) in [6.07, 6.45) is 3.38. The van der Waals surface area contributed by atoms with Crippen LogP contribution in [-0.2, 0) is 19.8 Å². The van der Waals surface area contributed by atoms with Gasteiger partial charge in [0.15, 0.2) is 0 Å². The van der Waals surface area contributed by atoms with E-state index in [0.717, 1.165) is 12.8 Å². The van der Waals surface area contributed by atoms with Gasteiger partial charge in [-0.2, -0.15) is 4.57 Å². The molecule has 7 nitrogen and oxygen atoms in total. The number of hydrogen-bond donors (Lipinski definition) is 1. The van der Waals surface area contributed by atoms with Crippen LogP contribution in [0.4, 0.5) is 5.82 Å². The summed E-state index contributed by atoms with van der Waals surface area (Å²) in [4.78, 5) is 20.6. The maximum absolute atomic E-state index is 12.0. The zero-order valence-corrected chi connectivity index (χ0v) is 17.3. The first-order valence-electron chi connectivity index (χ1n) is 9.06. The lowest BCUT2D eigenvalue weighted by atomic mass is 9.84. The van der Waals surface area contributed by atoms with Crippen LogP contribution >= 0.6 is 23.2 Å². The van der Waals surface area contributed by atoms with Gasteiger partial charge in [-0.05, 0) is 55.4 Å². The average Bonchev–Trinajstić information content (AvgIpc) is 3.42. The molecule has 2 fully saturated rings. The molecule has 0 radical (unpaired) electrons. The summed E-state index contributed by atoms with van der Waals surface area (Å²) < 4.78 is 14.1. The first kappa shape index (κ1) is 19.6. The van der Waals surface area contributed by atoms with Crippen molar-refractivity contribution in [1.82, 2.24) is 9.97 Å². The number of halogens is 2. The maximum atomic E-state index is 12.0. The molecule has 10 heteroatoms. The fourth-order valence-electron chi connectivity index (χ4n) is 3.13. The third-order valence-electron chi connectivity index (χ3n) is 5.29. The fraction of sp³-hybridized carbons (Fsp3) is 0.444. The van der Waals surface area contributed by atoms with Crippen LogP contribution in [0, 0.1) is 5.92 Å². The Morgan fingerprint density at radius 3 is 2.68 bits per heavy atom. The van der Waals surface area contributed by atoms with Gasteiger partial charge in [-0.15, -0.1) is 0 Å². The largest absolute Gasteiger partial charge is 0.517 e. The van der Waals surface area contributed by atoms with Crippen LogP contribution in [0.5, 0.6) is 0 Å². The maximum Gasteiger partial charge on any atom is 0.517 e. The Kier molecular flexibility index (Phi) is 4.86. The second kappa shape index (κ2) is 6.95. The molecule has 1 saturated heterocycles. The van der Waals surface area contributed by atoms with E-state index in [9.17, 15) is 4.79 Å². The van der Waals surface area contributed by atoms with E-state index in [1.165, 1.54) is 0 Å². The van der Waals surface area contributed by atoms with Crippen molar-refractivity contribution in [3.05, 3.63) is 40.9 Å². The minimum absolute atomic E-state index is 0.0274. The summed E-state index contributed by atoms with van der Waals surface area (Å²) in [5.74, 6) is 0.466. The third-order valence-corrected chi connectivity index (χ3v) is 5.79. The number of nitrogens with zero attached hydrogens (tertiary/aromatic N) is 3. The molecule has 1 atom stereocenters. The van der Waals surface area contributed by atoms with Crippen LogP contribution in [-0.4, -0.2) is 28.6 Å². The number of pyridine rings is 1. The second-order valence-electron chi connectivity index (χ2n) is 7.68. The number of anilines is 1. The van der Waals surface area contributed by atoms with Crippen molar-refractivity contribution in [3.8, 4) is 0 Å². The molecule has 2 aliphatic rings. The van der Waals surface area contributed by atoms with Gasteiger partial charge < -0.3 is 9.31 Å². The smallest absolute Gasteiger partial charge is 0.394 e. The molecule has 1 saturated carbocycles. The van der Waals surface area contributed by atoms with Gasteiger partial charge in [0, 0.05) is 12.8 Å². The summed E-state index contributed by atoms with van der Waals surface area (Å²) in [5.41, 5.74) is -1.15. The molecular weight excluding hydrogens is 402 g/mol. The molecule has 1 aliphatic heterocycles. The lowest BCUT2D eigenvalue weighted by Gasteiger charge is -2.33. The van der Waals surface area contributed by atoms with Crippen molar-refractivity contribution in [2.75, 3.05) is 5.32 Å². The molecule has 1 aliphatic carbocycles. The van der Waals surface area contributed by atoms with Gasteiger partial charge in [-0.25, -0.2) is 4.98 Å². The summed E-state index contributed by atoms with van der Waals surface area (Å²) in [7, 11) is -0.712. The zero-order chi connectivity index (χ0) is 20.1. The van der Waals surface area contributed by atoms with Crippen LogP contribution in [0.15, 0.2) is 30.6 Å². The SMILES string of the molecule is CC1(C)OB(c2cccc(Cl)n2)OC1(C)[n+]1cnc(NC(=O)C2CC2)cc1Cl. The quantitative estimate of drug-likeness (QED) is 0.354. The predicted octanol–water partition coefficient (Wildman–Crippen LogP) is 2.31. The molecule has 0 aromatic carbocycles. The summed E-state index contributed by atoms with van der Waals surface area (Å²) in [5, 5.41) is 3.51. The number of rotatable bonds is 4. The number of nitrogens with one attached hydrogen (secondary N) is 1. The van der Waals surface area contributed by atoms with Gasteiger partial charge in [0.1, 0.15) is 10.8 Å². The van der Waals surface area contributed by atoms with Crippen molar-refractivity contribution < 1.29 is 18.7 Å². The van der Waals surface area contributed by atoms with E-state index >= 15 is 0 Å². The number of carbonyl (C=O) groups excluding carboxylic acids is 1. The van der Waals surface area contributed by atoms with Crippen LogP contribution in [0.3, 0.4) is 0 Å². The van der Waals surface area contributed by atoms with E-state index < -0.39 is 18.4 Å². The fourth-order valence-corrected chi connectivity index (χ4v) is 3.60. The highest BCUT2D eigenvalue weighted by atomic mass is 35.5. The Labute approximate surface area is 173 Å². The molecule has 28 heavy (non-hydrogen) atoms. The molecule has 2 aromatic rings. The van der Waals surface area contributed by atoms with Gasteiger partial charge >= 0.3 is 7.12 Å². The minimum atomic E-state index is -0.967. The van der Waals surface area contributed by atoms with Crippen molar-refractivity contribution >= 4 is 47.6 Å². The van der Waals surface area contributed by atoms with Gasteiger partial charge in [0.25, 0.3) is 12.1 Å². The summed E-state index contributed by atoms with van der Waals surface area (Å²) in [6.45, 7) is 5.68. The van der Waals surface area contributed by atoms with Gasteiger partial charge in [0.2, 0.25) is 16.8 Å². The van der Waals surface area contributed by atoms with Crippen LogP contribution in [0.25, 0.3) is 0 Å². The van der Waals surface area contributed by atoms with E-state index in [1.54, 1.807) is 35.2 Å². The molecule has 3 heterocycles. The van der Waals surface area contributed by atoms with E-state index in [2.05, 4.69) is 15.3 Å². The number of hydrogen-bond acceptors (Lipinski definition) is 5. The number of carbonyl (C=O) groups is 1. The normalized spacial score (nSPS) is 23.7. The van der Waals surface area contributed by atoms with E-state index in [4.69, 9.17) is 32.5 Å². The van der Waals surface area contributed by atoms with Crippen molar-refractivity contribution in [2.24, 2.45) is 5.92 Å². The standard InChI is InChI=1S/C18H19BCl2N4O3/c1-17(2)18(3,28-19(27-17)12-5-4-6-13(20)23-12)25-10-22-15(9-14(25)21)24-16(26)11-7-8-11/h4-6,9-11H,7-8H2,1-3H3/p+1. The molecule has 1 amide bonds. The third kappa shape index (κ3) is 3.50. The van der Waals surface area contributed by atoms with Crippen LogP contribution in [0.2, 0.25) is 10.3 Å². The van der Waals surface area contributed by atoms with Gasteiger partial charge in [0.05, 0.1) is 11.7 Å². The first-order chi connectivity index (χ1) is 13.2. The Morgan fingerprint density at radius 2 is 2.04 bits per heavy atom. The molecule has 0 spiro atoms. The van der Waals surface area contributed by atoms with Crippen molar-refractivity contribution in [2.45, 2.75) is 44.9 Å². The molecule has 146 valence electrons. The second-order valence-corrected chi connectivity index (χ2v) is 8.45. The molecular formula is C18H20BCl2N4O3+. The Balaban J connectivity index is 1.62. The highest BCUT2D eigenvalue weighted by Gasteiger charge is 2.60. The van der Waals surface area contributed by atoms with Gasteiger partial charge in [-0.1, -0.05) is 17.7 Å². The highest BCUT2D eigenvalue weighted by molar-refractivity contribution is 6.61. The Morgan fingerprint density at radius 1 is 1.29 bits per heavy atom. The molecule has 4 rings (SSSR count). The summed E-state index contributed by atoms with van der Waals surface area (Å²) in [6, 6.07) is 6.88. The lowest BCUT2D eigenvalue weighted by molar-refractivity contribution is -0.806. The predicted molar refractivity (Wildman–Crippen MR) is 105 cm³/mol. The van der Waals surface area contributed by atoms with Crippen molar-refractivity contribution in [3.63, 3.8) is 0 Å². The lowest BCUT2D eigenvalue weighted by Crippen LogP contribution is -2.64. The number of aromatic nitrogens is 3. The Hall–Kier alpha value is -1.74. The summed E-state index contributed by atoms with van der Waals surface area (Å²) >= 11 is 12.5. The molecule has 2 aromatic heterocycles. The van der Waals surface area contributed by atoms with Crippen molar-refractivity contribution in [1.29, 1.82) is 0 Å². The van der Waals surface area contributed by atoms with E-state index in [1.807, 2.05) is 20.8 Å². The number of amides is 1. The first-order valence-corrected chi connectivity index (χ1v) is 9.82. The monoisotopic (exact) mass is 421 g/mol. The average molecular weight is 422 g/mol. The molecule has 1 N–H and O–H groups in total.